The van der Waals surface area contributed by atoms with Crippen molar-refractivity contribution < 1.29 is 0 Å². The van der Waals surface area contributed by atoms with Crippen LogP contribution in [0.15, 0.2) is 30.8 Å². The van der Waals surface area contributed by atoms with E-state index in [-0.39, 0.29) is 18.4 Å². The predicted octanol–water partition coefficient (Wildman–Crippen LogP) is 2.77. The Bertz CT molecular complexity index is 239. The van der Waals surface area contributed by atoms with E-state index in [1.165, 1.54) is 0 Å². The molecular weight excluding hydrogens is 170 g/mol. The van der Waals surface area contributed by atoms with E-state index in [9.17, 15) is 0 Å². The van der Waals surface area contributed by atoms with Gasteiger partial charge in [0.25, 0.3) is 0 Å². The molecule has 1 rings (SSSR count). The molecule has 0 saturated heterocycles. The molecule has 0 aliphatic carbocycles. The first-order valence-corrected chi connectivity index (χ1v) is 3.72. The third-order valence-electron chi connectivity index (χ3n) is 1.70. The average molecular weight is 184 g/mol. The minimum atomic E-state index is 0. The van der Waals surface area contributed by atoms with E-state index in [2.05, 4.69) is 6.58 Å². The molecule has 0 radical (unpaired) electrons. The van der Waals surface area contributed by atoms with Gasteiger partial charge >= 0.3 is 0 Å². The predicted molar refractivity (Wildman–Crippen MR) is 56.4 cm³/mol. The first-order chi connectivity index (χ1) is 5.24. The maximum absolute atomic E-state index is 5.68. The molecule has 0 heterocycles. The molecule has 0 amide bonds. The van der Waals surface area contributed by atoms with Gasteiger partial charge in [0.05, 0.1) is 0 Å². The summed E-state index contributed by atoms with van der Waals surface area (Å²) < 4.78 is 0. The molecule has 1 aromatic rings. The van der Waals surface area contributed by atoms with Crippen LogP contribution in [0.25, 0.3) is 6.08 Å². The van der Waals surface area contributed by atoms with Crippen molar-refractivity contribution in [2.75, 3.05) is 0 Å². The van der Waals surface area contributed by atoms with Gasteiger partial charge in [-0.05, 0) is 18.1 Å². The highest BCUT2D eigenvalue weighted by atomic mass is 35.5. The number of nitrogens with two attached hydrogens (primary N) is 1. The highest BCUT2D eigenvalue weighted by Crippen LogP contribution is 2.10. The van der Waals surface area contributed by atoms with E-state index in [0.717, 1.165) is 11.1 Å². The first-order valence-electron chi connectivity index (χ1n) is 3.72. The van der Waals surface area contributed by atoms with E-state index in [1.807, 2.05) is 37.3 Å². The van der Waals surface area contributed by atoms with Crippen molar-refractivity contribution in [3.63, 3.8) is 0 Å². The molecule has 0 spiro atoms. The Hall–Kier alpha value is -0.790. The number of benzene rings is 1. The lowest BCUT2D eigenvalue weighted by atomic mass is 10.1. The summed E-state index contributed by atoms with van der Waals surface area (Å²) in [6.07, 6.45) is 1.82. The molecule has 0 aliphatic heterocycles. The first kappa shape index (κ1) is 11.2. The molecule has 0 bridgehead atoms. The lowest BCUT2D eigenvalue weighted by Gasteiger charge is -2.04. The molecule has 2 N–H and O–H groups in total. The Morgan fingerprint density at radius 1 is 1.33 bits per heavy atom. The highest BCUT2D eigenvalue weighted by Gasteiger charge is 1.96. The van der Waals surface area contributed by atoms with Crippen LogP contribution in [0.4, 0.5) is 0 Å². The van der Waals surface area contributed by atoms with Gasteiger partial charge < -0.3 is 5.73 Å². The molecule has 2 heteroatoms. The van der Waals surface area contributed by atoms with E-state index in [1.54, 1.807) is 0 Å². The molecule has 12 heavy (non-hydrogen) atoms. The molecular formula is C10H14ClN. The van der Waals surface area contributed by atoms with Crippen LogP contribution in [0.3, 0.4) is 0 Å². The molecule has 1 atom stereocenters. The molecule has 1 unspecified atom stereocenters. The SMILES string of the molecule is C=Cc1ccc(C(C)N)cc1.Cl. The summed E-state index contributed by atoms with van der Waals surface area (Å²) in [7, 11) is 0. The standard InChI is InChI=1S/C10H13N.ClH/c1-3-9-4-6-10(7-5-9)8(2)11;/h3-8H,1,11H2,2H3;1H. The van der Waals surface area contributed by atoms with Crippen molar-refractivity contribution in [3.8, 4) is 0 Å². The monoisotopic (exact) mass is 183 g/mol. The maximum atomic E-state index is 5.68. The van der Waals surface area contributed by atoms with Gasteiger partial charge in [-0.15, -0.1) is 12.4 Å². The summed E-state index contributed by atoms with van der Waals surface area (Å²) in [5.41, 5.74) is 7.98. The fourth-order valence-electron chi connectivity index (χ4n) is 0.936. The number of rotatable bonds is 2. The summed E-state index contributed by atoms with van der Waals surface area (Å²) in [5, 5.41) is 0. The van der Waals surface area contributed by atoms with Crippen LogP contribution in [0.5, 0.6) is 0 Å². The Balaban J connectivity index is 0.00000121. The van der Waals surface area contributed by atoms with Gasteiger partial charge in [0.15, 0.2) is 0 Å². The van der Waals surface area contributed by atoms with Gasteiger partial charge in [0, 0.05) is 6.04 Å². The second-order valence-electron chi connectivity index (χ2n) is 2.66. The topological polar surface area (TPSA) is 26.0 Å². The minimum Gasteiger partial charge on any atom is -0.324 e. The Morgan fingerprint density at radius 2 is 1.83 bits per heavy atom. The quantitative estimate of drug-likeness (QED) is 0.750. The van der Waals surface area contributed by atoms with Crippen LogP contribution in [-0.2, 0) is 0 Å². The second-order valence-corrected chi connectivity index (χ2v) is 2.66. The summed E-state index contributed by atoms with van der Waals surface area (Å²) in [6, 6.07) is 8.22. The largest absolute Gasteiger partial charge is 0.324 e. The zero-order valence-corrected chi connectivity index (χ0v) is 7.97. The van der Waals surface area contributed by atoms with Crippen molar-refractivity contribution in [3.05, 3.63) is 42.0 Å². The molecule has 66 valence electrons. The van der Waals surface area contributed by atoms with E-state index >= 15 is 0 Å². The fourth-order valence-corrected chi connectivity index (χ4v) is 0.936. The van der Waals surface area contributed by atoms with Gasteiger partial charge in [-0.1, -0.05) is 36.9 Å². The molecule has 0 saturated carbocycles. The van der Waals surface area contributed by atoms with Crippen LogP contribution in [0.2, 0.25) is 0 Å². The fraction of sp³-hybridized carbons (Fsp3) is 0.200. The number of hydrogen-bond donors (Lipinski definition) is 1. The third-order valence-corrected chi connectivity index (χ3v) is 1.70. The van der Waals surface area contributed by atoms with E-state index in [4.69, 9.17) is 5.73 Å². The van der Waals surface area contributed by atoms with Crippen LogP contribution < -0.4 is 5.73 Å². The lowest BCUT2D eigenvalue weighted by Crippen LogP contribution is -2.04. The van der Waals surface area contributed by atoms with Gasteiger partial charge in [0.2, 0.25) is 0 Å². The van der Waals surface area contributed by atoms with Crippen molar-refractivity contribution in [2.24, 2.45) is 5.73 Å². The van der Waals surface area contributed by atoms with Gasteiger partial charge in [-0.25, -0.2) is 0 Å². The van der Waals surface area contributed by atoms with E-state index in [0.29, 0.717) is 0 Å². The van der Waals surface area contributed by atoms with Gasteiger partial charge in [-0.3, -0.25) is 0 Å². The second kappa shape index (κ2) is 4.96. The van der Waals surface area contributed by atoms with Crippen LogP contribution in [0, 0.1) is 0 Å². The highest BCUT2D eigenvalue weighted by molar-refractivity contribution is 5.85. The lowest BCUT2D eigenvalue weighted by molar-refractivity contribution is 0.818. The van der Waals surface area contributed by atoms with Crippen molar-refractivity contribution in [2.45, 2.75) is 13.0 Å². The van der Waals surface area contributed by atoms with Gasteiger partial charge in [0.1, 0.15) is 0 Å². The third kappa shape index (κ3) is 2.68. The zero-order valence-electron chi connectivity index (χ0n) is 7.16. The number of hydrogen-bond acceptors (Lipinski definition) is 1. The van der Waals surface area contributed by atoms with Crippen LogP contribution in [-0.4, -0.2) is 0 Å². The van der Waals surface area contributed by atoms with Crippen molar-refractivity contribution >= 4 is 18.5 Å². The molecule has 0 aliphatic rings. The Labute approximate surface area is 79.7 Å². The van der Waals surface area contributed by atoms with Crippen LogP contribution >= 0.6 is 12.4 Å². The normalized spacial score (nSPS) is 11.5. The van der Waals surface area contributed by atoms with Crippen molar-refractivity contribution in [1.82, 2.24) is 0 Å². The Kier molecular flexibility index (Phi) is 4.64. The maximum Gasteiger partial charge on any atom is 0.0266 e. The molecule has 1 aromatic carbocycles. The summed E-state index contributed by atoms with van der Waals surface area (Å²) in [5.74, 6) is 0. The Morgan fingerprint density at radius 3 is 2.17 bits per heavy atom. The summed E-state index contributed by atoms with van der Waals surface area (Å²) in [4.78, 5) is 0. The summed E-state index contributed by atoms with van der Waals surface area (Å²) >= 11 is 0. The van der Waals surface area contributed by atoms with Gasteiger partial charge in [-0.2, -0.15) is 0 Å². The van der Waals surface area contributed by atoms with Crippen LogP contribution in [0.1, 0.15) is 24.1 Å². The molecule has 1 nitrogen and oxygen atoms in total. The number of halogens is 1. The van der Waals surface area contributed by atoms with Crippen molar-refractivity contribution in [1.29, 1.82) is 0 Å². The smallest absolute Gasteiger partial charge is 0.0266 e. The molecule has 0 fully saturated rings. The average Bonchev–Trinajstić information content (AvgIpc) is 2.05. The molecule has 0 aromatic heterocycles. The minimum absolute atomic E-state index is 0. The van der Waals surface area contributed by atoms with E-state index < -0.39 is 0 Å². The zero-order chi connectivity index (χ0) is 8.27. The summed E-state index contributed by atoms with van der Waals surface area (Å²) in [6.45, 7) is 5.65.